The molecule has 0 saturated heterocycles. The van der Waals surface area contributed by atoms with E-state index < -0.39 is 11.1 Å². The summed E-state index contributed by atoms with van der Waals surface area (Å²) in [6.07, 6.45) is 0. The molecule has 0 fully saturated rings. The molecule has 56 valence electrons. The fourth-order valence-corrected chi connectivity index (χ4v) is 1.14. The van der Waals surface area contributed by atoms with Crippen molar-refractivity contribution in [1.82, 2.24) is 5.32 Å². The van der Waals surface area contributed by atoms with Crippen molar-refractivity contribution in [1.29, 1.82) is 0 Å². The molecule has 1 atom stereocenters. The monoisotopic (exact) mass is 151 g/mol. The summed E-state index contributed by atoms with van der Waals surface area (Å²) in [6.45, 7) is 3.75. The SMILES string of the molecule is CNC(C)(C)CS(=O)O. The van der Waals surface area contributed by atoms with Gasteiger partial charge in [0.2, 0.25) is 0 Å². The van der Waals surface area contributed by atoms with E-state index in [1.54, 1.807) is 7.05 Å². The van der Waals surface area contributed by atoms with Crippen LogP contribution in [0.1, 0.15) is 13.8 Å². The van der Waals surface area contributed by atoms with Crippen LogP contribution in [0.5, 0.6) is 0 Å². The molecule has 0 amide bonds. The average Bonchev–Trinajstić information content (AvgIpc) is 1.63. The van der Waals surface area contributed by atoms with Gasteiger partial charge in [-0.1, -0.05) is 0 Å². The van der Waals surface area contributed by atoms with E-state index in [0.29, 0.717) is 0 Å². The highest BCUT2D eigenvalue weighted by Crippen LogP contribution is 2.00. The average molecular weight is 151 g/mol. The molecule has 0 radical (unpaired) electrons. The fourth-order valence-electron chi connectivity index (χ4n) is 0.381. The zero-order valence-electron chi connectivity index (χ0n) is 5.97. The molecule has 0 aromatic carbocycles. The molecule has 0 aliphatic rings. The van der Waals surface area contributed by atoms with Crippen molar-refractivity contribution >= 4 is 11.1 Å². The van der Waals surface area contributed by atoms with Crippen LogP contribution in [0.25, 0.3) is 0 Å². The van der Waals surface area contributed by atoms with Crippen LogP contribution in [0.4, 0.5) is 0 Å². The maximum atomic E-state index is 10.2. The lowest BCUT2D eigenvalue weighted by atomic mass is 10.1. The van der Waals surface area contributed by atoms with Crippen LogP contribution >= 0.6 is 0 Å². The van der Waals surface area contributed by atoms with Gasteiger partial charge in [-0.25, -0.2) is 4.21 Å². The van der Waals surface area contributed by atoms with E-state index >= 15 is 0 Å². The summed E-state index contributed by atoms with van der Waals surface area (Å²) >= 11 is -1.70. The maximum absolute atomic E-state index is 10.2. The summed E-state index contributed by atoms with van der Waals surface area (Å²) in [5.74, 6) is 0.267. The molecule has 0 bridgehead atoms. The Balaban J connectivity index is 3.71. The Morgan fingerprint density at radius 2 is 2.11 bits per heavy atom. The van der Waals surface area contributed by atoms with Gasteiger partial charge in [-0.3, -0.25) is 0 Å². The highest BCUT2D eigenvalue weighted by Gasteiger charge is 2.16. The quantitative estimate of drug-likeness (QED) is 0.567. The van der Waals surface area contributed by atoms with E-state index in [9.17, 15) is 4.21 Å². The van der Waals surface area contributed by atoms with Crippen LogP contribution in [-0.4, -0.2) is 27.1 Å². The lowest BCUT2D eigenvalue weighted by Gasteiger charge is -2.20. The summed E-state index contributed by atoms with van der Waals surface area (Å²) in [7, 11) is 1.77. The van der Waals surface area contributed by atoms with Gasteiger partial charge in [-0.05, 0) is 20.9 Å². The maximum Gasteiger partial charge on any atom is 0.154 e. The largest absolute Gasteiger partial charge is 0.314 e. The first-order valence-corrected chi connectivity index (χ1v) is 4.02. The molecule has 0 aromatic heterocycles. The van der Waals surface area contributed by atoms with Crippen LogP contribution in [-0.2, 0) is 11.1 Å². The van der Waals surface area contributed by atoms with Crippen molar-refractivity contribution in [2.24, 2.45) is 0 Å². The van der Waals surface area contributed by atoms with Crippen molar-refractivity contribution in [3.63, 3.8) is 0 Å². The number of rotatable bonds is 3. The summed E-state index contributed by atoms with van der Waals surface area (Å²) < 4.78 is 18.7. The van der Waals surface area contributed by atoms with Crippen molar-refractivity contribution in [2.75, 3.05) is 12.8 Å². The molecule has 4 heteroatoms. The molecule has 9 heavy (non-hydrogen) atoms. The molecule has 0 aliphatic carbocycles. The lowest BCUT2D eigenvalue weighted by Crippen LogP contribution is -2.41. The second-order valence-electron chi connectivity index (χ2n) is 2.60. The molecule has 2 N–H and O–H groups in total. The third-order valence-electron chi connectivity index (χ3n) is 1.16. The van der Waals surface area contributed by atoms with Crippen molar-refractivity contribution in [3.05, 3.63) is 0 Å². The van der Waals surface area contributed by atoms with E-state index in [1.807, 2.05) is 13.8 Å². The first-order chi connectivity index (χ1) is 3.98. The first kappa shape index (κ1) is 9.07. The third-order valence-corrected chi connectivity index (χ3v) is 2.13. The van der Waals surface area contributed by atoms with Crippen LogP contribution < -0.4 is 5.32 Å². The molecule has 0 spiro atoms. The Morgan fingerprint density at radius 1 is 1.67 bits per heavy atom. The molecule has 0 heterocycles. The zero-order chi connectivity index (χ0) is 7.49. The molecule has 0 saturated carbocycles. The van der Waals surface area contributed by atoms with E-state index in [-0.39, 0.29) is 11.3 Å². The van der Waals surface area contributed by atoms with E-state index in [1.165, 1.54) is 0 Å². The fraction of sp³-hybridized carbons (Fsp3) is 1.00. The molecule has 1 unspecified atom stereocenters. The number of hydrogen-bond acceptors (Lipinski definition) is 2. The summed E-state index contributed by atoms with van der Waals surface area (Å²) in [6, 6.07) is 0. The second kappa shape index (κ2) is 3.29. The van der Waals surface area contributed by atoms with Gasteiger partial charge in [0, 0.05) is 5.54 Å². The second-order valence-corrected chi connectivity index (χ2v) is 3.53. The van der Waals surface area contributed by atoms with Gasteiger partial charge in [0.25, 0.3) is 0 Å². The Kier molecular flexibility index (Phi) is 3.32. The van der Waals surface area contributed by atoms with Crippen molar-refractivity contribution in [3.8, 4) is 0 Å². The third kappa shape index (κ3) is 4.57. The van der Waals surface area contributed by atoms with Gasteiger partial charge in [-0.2, -0.15) is 0 Å². The standard InChI is InChI=1S/C5H13NO2S/c1-5(2,6-3)4-9(7)8/h6H,4H2,1-3H3,(H,7,8). The molecule has 0 aliphatic heterocycles. The molecular weight excluding hydrogens is 138 g/mol. The lowest BCUT2D eigenvalue weighted by molar-refractivity contribution is 0.457. The van der Waals surface area contributed by atoms with Crippen molar-refractivity contribution in [2.45, 2.75) is 19.4 Å². The van der Waals surface area contributed by atoms with Crippen molar-refractivity contribution < 1.29 is 8.76 Å². The van der Waals surface area contributed by atoms with Gasteiger partial charge >= 0.3 is 0 Å². The normalized spacial score (nSPS) is 15.6. The topological polar surface area (TPSA) is 49.3 Å². The Bertz CT molecular complexity index is 114. The predicted octanol–water partition coefficient (Wildman–Crippen LogP) is 0.206. The molecule has 3 nitrogen and oxygen atoms in total. The number of hydrogen-bond donors (Lipinski definition) is 2. The minimum atomic E-state index is -1.70. The van der Waals surface area contributed by atoms with Gasteiger partial charge in [-0.15, -0.1) is 0 Å². The van der Waals surface area contributed by atoms with Gasteiger partial charge in [0.15, 0.2) is 11.1 Å². The van der Waals surface area contributed by atoms with E-state index in [4.69, 9.17) is 4.55 Å². The smallest absolute Gasteiger partial charge is 0.154 e. The first-order valence-electron chi connectivity index (χ1n) is 2.74. The highest BCUT2D eigenvalue weighted by molar-refractivity contribution is 7.79. The van der Waals surface area contributed by atoms with E-state index in [0.717, 1.165) is 0 Å². The molecule has 0 rings (SSSR count). The minimum absolute atomic E-state index is 0.236. The molecular formula is C5H13NO2S. The Labute approximate surface area is 58.1 Å². The summed E-state index contributed by atoms with van der Waals surface area (Å²) in [5.41, 5.74) is -0.236. The van der Waals surface area contributed by atoms with Crippen LogP contribution in [0.3, 0.4) is 0 Å². The minimum Gasteiger partial charge on any atom is -0.314 e. The predicted molar refractivity (Wildman–Crippen MR) is 38.8 cm³/mol. The van der Waals surface area contributed by atoms with Crippen LogP contribution in [0.2, 0.25) is 0 Å². The van der Waals surface area contributed by atoms with Crippen LogP contribution in [0.15, 0.2) is 0 Å². The zero-order valence-corrected chi connectivity index (χ0v) is 6.79. The summed E-state index contributed by atoms with van der Waals surface area (Å²) in [5, 5.41) is 2.92. The molecule has 0 aromatic rings. The Morgan fingerprint density at radius 3 is 2.22 bits per heavy atom. The Hall–Kier alpha value is 0.0700. The number of nitrogens with one attached hydrogen (secondary N) is 1. The van der Waals surface area contributed by atoms with Gasteiger partial charge in [0.1, 0.15) is 0 Å². The van der Waals surface area contributed by atoms with Gasteiger partial charge in [0.05, 0.1) is 5.75 Å². The van der Waals surface area contributed by atoms with Crippen LogP contribution in [0, 0.1) is 0 Å². The van der Waals surface area contributed by atoms with Gasteiger partial charge < -0.3 is 9.87 Å². The summed E-state index contributed by atoms with van der Waals surface area (Å²) in [4.78, 5) is 0. The highest BCUT2D eigenvalue weighted by atomic mass is 32.2. The van der Waals surface area contributed by atoms with E-state index in [2.05, 4.69) is 5.32 Å².